The number of hydrogen-bond donors (Lipinski definition) is 1. The maximum Gasteiger partial charge on any atom is 0.267 e. The summed E-state index contributed by atoms with van der Waals surface area (Å²) in [5, 5.41) is 0. The lowest BCUT2D eigenvalue weighted by molar-refractivity contribution is 0.0995. The second kappa shape index (κ2) is 6.07. The highest BCUT2D eigenvalue weighted by molar-refractivity contribution is 5.92. The number of amides is 1. The molecular formula is C20H15FN4O. The van der Waals surface area contributed by atoms with Crippen LogP contribution in [-0.2, 0) is 0 Å². The molecule has 0 atom stereocenters. The van der Waals surface area contributed by atoms with Crippen molar-refractivity contribution in [3.05, 3.63) is 78.1 Å². The van der Waals surface area contributed by atoms with Gasteiger partial charge in [-0.1, -0.05) is 18.2 Å². The minimum absolute atomic E-state index is 0.272. The van der Waals surface area contributed by atoms with E-state index in [1.807, 2.05) is 31.2 Å². The second-order valence-corrected chi connectivity index (χ2v) is 5.98. The molecule has 0 fully saturated rings. The first-order valence-corrected chi connectivity index (χ1v) is 8.04. The summed E-state index contributed by atoms with van der Waals surface area (Å²) in [5.41, 5.74) is 9.45. The van der Waals surface area contributed by atoms with Crippen LogP contribution in [0.15, 0.2) is 60.9 Å². The van der Waals surface area contributed by atoms with Gasteiger partial charge in [0.1, 0.15) is 17.2 Å². The molecule has 128 valence electrons. The van der Waals surface area contributed by atoms with Gasteiger partial charge in [-0.3, -0.25) is 14.2 Å². The number of fused-ring (bicyclic) bond motifs is 1. The van der Waals surface area contributed by atoms with E-state index in [-0.39, 0.29) is 11.5 Å². The molecule has 0 saturated carbocycles. The monoisotopic (exact) mass is 346 g/mol. The highest BCUT2D eigenvalue weighted by atomic mass is 19.1. The Morgan fingerprint density at radius 2 is 1.92 bits per heavy atom. The Morgan fingerprint density at radius 1 is 1.12 bits per heavy atom. The topological polar surface area (TPSA) is 73.3 Å². The predicted molar refractivity (Wildman–Crippen MR) is 97.1 cm³/mol. The lowest BCUT2D eigenvalue weighted by Crippen LogP contribution is -2.13. The molecule has 0 aliphatic heterocycles. The lowest BCUT2D eigenvalue weighted by atomic mass is 9.97. The lowest BCUT2D eigenvalue weighted by Gasteiger charge is -2.12. The molecule has 0 unspecified atom stereocenters. The van der Waals surface area contributed by atoms with E-state index in [0.717, 1.165) is 11.3 Å². The maximum atomic E-state index is 14.7. The van der Waals surface area contributed by atoms with Crippen LogP contribution in [0.25, 0.3) is 28.0 Å². The van der Waals surface area contributed by atoms with Gasteiger partial charge in [-0.2, -0.15) is 0 Å². The van der Waals surface area contributed by atoms with E-state index in [4.69, 9.17) is 5.73 Å². The molecule has 1 aromatic carbocycles. The van der Waals surface area contributed by atoms with Crippen molar-refractivity contribution in [2.24, 2.45) is 5.73 Å². The van der Waals surface area contributed by atoms with E-state index in [2.05, 4.69) is 9.97 Å². The average Bonchev–Trinajstić information content (AvgIpc) is 3.05. The Bertz CT molecular complexity index is 1150. The molecule has 0 spiro atoms. The number of rotatable bonds is 3. The van der Waals surface area contributed by atoms with Crippen molar-refractivity contribution in [2.75, 3.05) is 0 Å². The standard InChI is InChI=1S/C20H15FN4O/c1-12-4-2-7-16(24-12)19-14(5-3-6-15(19)21)13-8-9-18-23-10-17(20(22)26)25(18)11-13/h2-11H,1H3,(H2,22,26). The molecule has 4 aromatic rings. The molecule has 3 heterocycles. The Labute approximate surface area is 148 Å². The van der Waals surface area contributed by atoms with E-state index in [0.29, 0.717) is 22.5 Å². The first kappa shape index (κ1) is 16.0. The van der Waals surface area contributed by atoms with Crippen LogP contribution < -0.4 is 5.73 Å². The van der Waals surface area contributed by atoms with Gasteiger partial charge in [0.15, 0.2) is 0 Å². The quantitative estimate of drug-likeness (QED) is 0.616. The minimum atomic E-state index is -0.575. The van der Waals surface area contributed by atoms with Crippen LogP contribution in [0.1, 0.15) is 16.2 Å². The third-order valence-electron chi connectivity index (χ3n) is 4.23. The molecular weight excluding hydrogens is 331 g/mol. The van der Waals surface area contributed by atoms with Gasteiger partial charge in [-0.05, 0) is 48.4 Å². The van der Waals surface area contributed by atoms with Crippen LogP contribution in [-0.4, -0.2) is 20.3 Å². The van der Waals surface area contributed by atoms with Gasteiger partial charge in [0.05, 0.1) is 11.9 Å². The molecule has 2 N–H and O–H groups in total. The van der Waals surface area contributed by atoms with Gasteiger partial charge in [-0.15, -0.1) is 0 Å². The highest BCUT2D eigenvalue weighted by Gasteiger charge is 2.16. The van der Waals surface area contributed by atoms with Crippen molar-refractivity contribution in [3.8, 4) is 22.4 Å². The minimum Gasteiger partial charge on any atom is -0.364 e. The number of carbonyl (C=O) groups is 1. The van der Waals surface area contributed by atoms with E-state index in [1.54, 1.807) is 28.8 Å². The van der Waals surface area contributed by atoms with Crippen LogP contribution in [0.4, 0.5) is 4.39 Å². The molecule has 6 heteroatoms. The number of hydrogen-bond acceptors (Lipinski definition) is 3. The summed E-state index contributed by atoms with van der Waals surface area (Å²) in [4.78, 5) is 20.2. The molecule has 3 aromatic heterocycles. The van der Waals surface area contributed by atoms with Gasteiger partial charge in [0.25, 0.3) is 5.91 Å². The van der Waals surface area contributed by atoms with Crippen molar-refractivity contribution >= 4 is 11.6 Å². The van der Waals surface area contributed by atoms with Gasteiger partial charge in [0, 0.05) is 17.5 Å². The first-order valence-electron chi connectivity index (χ1n) is 8.04. The van der Waals surface area contributed by atoms with Crippen molar-refractivity contribution in [1.29, 1.82) is 0 Å². The summed E-state index contributed by atoms with van der Waals surface area (Å²) in [6, 6.07) is 14.0. The van der Waals surface area contributed by atoms with Crippen LogP contribution in [0.2, 0.25) is 0 Å². The van der Waals surface area contributed by atoms with Gasteiger partial charge in [-0.25, -0.2) is 9.37 Å². The van der Waals surface area contributed by atoms with Gasteiger partial charge >= 0.3 is 0 Å². The molecule has 4 rings (SSSR count). The Balaban J connectivity index is 1.97. The first-order chi connectivity index (χ1) is 12.5. The zero-order valence-corrected chi connectivity index (χ0v) is 14.0. The molecule has 1 amide bonds. The van der Waals surface area contributed by atoms with Crippen LogP contribution in [0.3, 0.4) is 0 Å². The summed E-state index contributed by atoms with van der Waals surface area (Å²) in [7, 11) is 0. The fourth-order valence-corrected chi connectivity index (χ4v) is 3.03. The average molecular weight is 346 g/mol. The number of benzene rings is 1. The third-order valence-corrected chi connectivity index (χ3v) is 4.23. The summed E-state index contributed by atoms with van der Waals surface area (Å²) >= 11 is 0. The third kappa shape index (κ3) is 2.61. The SMILES string of the molecule is Cc1cccc(-c2c(F)cccc2-c2ccc3ncc(C(N)=O)n3c2)n1. The number of primary amides is 1. The zero-order chi connectivity index (χ0) is 18.3. The van der Waals surface area contributed by atoms with Gasteiger partial charge in [0.2, 0.25) is 0 Å². The van der Waals surface area contributed by atoms with E-state index in [9.17, 15) is 9.18 Å². The van der Waals surface area contributed by atoms with Crippen molar-refractivity contribution in [2.45, 2.75) is 6.92 Å². The number of aromatic nitrogens is 3. The van der Waals surface area contributed by atoms with Crippen LogP contribution >= 0.6 is 0 Å². The predicted octanol–water partition coefficient (Wildman–Crippen LogP) is 3.61. The molecule has 0 bridgehead atoms. The Kier molecular flexibility index (Phi) is 3.73. The Hall–Kier alpha value is -3.54. The number of halogens is 1. The molecule has 0 radical (unpaired) electrons. The molecule has 0 aliphatic carbocycles. The van der Waals surface area contributed by atoms with E-state index >= 15 is 0 Å². The van der Waals surface area contributed by atoms with Crippen LogP contribution in [0.5, 0.6) is 0 Å². The van der Waals surface area contributed by atoms with Gasteiger partial charge < -0.3 is 5.73 Å². The van der Waals surface area contributed by atoms with E-state index < -0.39 is 5.91 Å². The fourth-order valence-electron chi connectivity index (χ4n) is 3.03. The summed E-state index contributed by atoms with van der Waals surface area (Å²) in [6.07, 6.45) is 3.16. The number of carbonyl (C=O) groups excluding carboxylic acids is 1. The zero-order valence-electron chi connectivity index (χ0n) is 14.0. The van der Waals surface area contributed by atoms with Crippen molar-refractivity contribution < 1.29 is 9.18 Å². The number of nitrogens with two attached hydrogens (primary N) is 1. The summed E-state index contributed by atoms with van der Waals surface area (Å²) < 4.78 is 16.3. The number of imidazole rings is 1. The molecule has 0 saturated heterocycles. The number of pyridine rings is 2. The summed E-state index contributed by atoms with van der Waals surface area (Å²) in [5.74, 6) is -0.934. The maximum absolute atomic E-state index is 14.7. The van der Waals surface area contributed by atoms with E-state index in [1.165, 1.54) is 12.3 Å². The summed E-state index contributed by atoms with van der Waals surface area (Å²) in [6.45, 7) is 1.86. The highest BCUT2D eigenvalue weighted by Crippen LogP contribution is 2.33. The number of nitrogens with zero attached hydrogens (tertiary/aromatic N) is 3. The smallest absolute Gasteiger partial charge is 0.267 e. The molecule has 0 aliphatic rings. The largest absolute Gasteiger partial charge is 0.364 e. The van der Waals surface area contributed by atoms with Crippen molar-refractivity contribution in [1.82, 2.24) is 14.4 Å². The molecule has 5 nitrogen and oxygen atoms in total. The number of aryl methyl sites for hydroxylation is 1. The second-order valence-electron chi connectivity index (χ2n) is 5.98. The van der Waals surface area contributed by atoms with Crippen molar-refractivity contribution in [3.63, 3.8) is 0 Å². The Morgan fingerprint density at radius 3 is 2.69 bits per heavy atom. The normalized spacial score (nSPS) is 11.0. The molecule has 26 heavy (non-hydrogen) atoms. The fraction of sp³-hybridized carbons (Fsp3) is 0.0500. The van der Waals surface area contributed by atoms with Crippen LogP contribution in [0, 0.1) is 12.7 Å².